The van der Waals surface area contributed by atoms with E-state index in [1.807, 2.05) is 0 Å². The molecular weight excluding hydrogens is 250 g/mol. The fourth-order valence-electron chi connectivity index (χ4n) is 2.18. The van der Waals surface area contributed by atoms with Crippen LogP contribution in [0.5, 0.6) is 0 Å². The van der Waals surface area contributed by atoms with Gasteiger partial charge < -0.3 is 5.32 Å². The summed E-state index contributed by atoms with van der Waals surface area (Å²) >= 11 is 3.65. The van der Waals surface area contributed by atoms with Gasteiger partial charge in [0.1, 0.15) is 0 Å². The third kappa shape index (κ3) is 3.05. The fourth-order valence-corrected chi connectivity index (χ4v) is 2.84. The average molecular weight is 268 g/mol. The zero-order valence-corrected chi connectivity index (χ0v) is 10.8. The molecule has 2 rings (SSSR count). The predicted molar refractivity (Wildman–Crippen MR) is 68.2 cm³/mol. The van der Waals surface area contributed by atoms with Gasteiger partial charge in [-0.25, -0.2) is 0 Å². The second kappa shape index (κ2) is 5.13. The highest BCUT2D eigenvalue weighted by Crippen LogP contribution is 2.21. The molecule has 0 aromatic heterocycles. The number of aryl methyl sites for hydroxylation is 1. The Bertz CT molecular complexity index is 329. The summed E-state index contributed by atoms with van der Waals surface area (Å²) in [6, 6.07) is 7.33. The smallest absolute Gasteiger partial charge is 0.0210 e. The molecule has 1 aromatic rings. The van der Waals surface area contributed by atoms with Gasteiger partial charge in [-0.05, 0) is 49.9 Å². The molecule has 1 aliphatic heterocycles. The summed E-state index contributed by atoms with van der Waals surface area (Å²) < 4.78 is 1.26. The Hall–Kier alpha value is -0.340. The van der Waals surface area contributed by atoms with Crippen molar-refractivity contribution in [3.63, 3.8) is 0 Å². The molecule has 1 atom stereocenters. The van der Waals surface area contributed by atoms with E-state index in [0.717, 1.165) is 6.42 Å². The highest BCUT2D eigenvalue weighted by molar-refractivity contribution is 9.10. The van der Waals surface area contributed by atoms with Gasteiger partial charge in [0.05, 0.1) is 0 Å². The van der Waals surface area contributed by atoms with E-state index >= 15 is 0 Å². The Morgan fingerprint density at radius 2 is 2.27 bits per heavy atom. The molecule has 1 saturated heterocycles. The first-order valence-electron chi connectivity index (χ1n) is 5.74. The van der Waals surface area contributed by atoms with Crippen LogP contribution >= 0.6 is 15.9 Å². The van der Waals surface area contributed by atoms with Gasteiger partial charge in [-0.15, -0.1) is 0 Å². The molecule has 1 fully saturated rings. The van der Waals surface area contributed by atoms with Crippen molar-refractivity contribution in [2.75, 3.05) is 6.54 Å². The predicted octanol–water partition coefficient (Wildman–Crippen LogP) is 3.44. The Morgan fingerprint density at radius 1 is 1.40 bits per heavy atom. The molecule has 0 spiro atoms. The lowest BCUT2D eigenvalue weighted by Gasteiger charge is -2.23. The van der Waals surface area contributed by atoms with Gasteiger partial charge in [0.2, 0.25) is 0 Å². The number of nitrogens with one attached hydrogen (secondary N) is 1. The molecule has 0 saturated carbocycles. The van der Waals surface area contributed by atoms with Crippen LogP contribution in [0.15, 0.2) is 22.7 Å². The van der Waals surface area contributed by atoms with Crippen molar-refractivity contribution in [1.82, 2.24) is 5.32 Å². The molecule has 0 amide bonds. The van der Waals surface area contributed by atoms with E-state index in [0.29, 0.717) is 6.04 Å². The van der Waals surface area contributed by atoms with Crippen molar-refractivity contribution in [1.29, 1.82) is 0 Å². The maximum absolute atomic E-state index is 3.65. The number of hydrogen-bond acceptors (Lipinski definition) is 1. The van der Waals surface area contributed by atoms with Crippen LogP contribution in [0.2, 0.25) is 0 Å². The summed E-state index contributed by atoms with van der Waals surface area (Å²) in [6.45, 7) is 3.32. The number of hydrogen-bond donors (Lipinski definition) is 1. The van der Waals surface area contributed by atoms with Crippen LogP contribution in [0, 0.1) is 6.92 Å². The summed E-state index contributed by atoms with van der Waals surface area (Å²) in [6.07, 6.45) is 5.19. The highest BCUT2D eigenvalue weighted by atomic mass is 79.9. The molecule has 1 N–H and O–H groups in total. The maximum atomic E-state index is 3.65. The van der Waals surface area contributed by atoms with Crippen LogP contribution in [0.4, 0.5) is 0 Å². The molecule has 0 aliphatic carbocycles. The van der Waals surface area contributed by atoms with Crippen molar-refractivity contribution in [2.45, 2.75) is 38.6 Å². The van der Waals surface area contributed by atoms with Crippen molar-refractivity contribution in [2.24, 2.45) is 0 Å². The minimum atomic E-state index is 0.678. The van der Waals surface area contributed by atoms with E-state index in [1.165, 1.54) is 41.4 Å². The van der Waals surface area contributed by atoms with Crippen molar-refractivity contribution in [3.05, 3.63) is 33.8 Å². The summed E-state index contributed by atoms with van der Waals surface area (Å²) in [5.41, 5.74) is 2.75. The molecule has 82 valence electrons. The minimum Gasteiger partial charge on any atom is -0.314 e. The second-order valence-electron chi connectivity index (χ2n) is 4.45. The molecule has 2 heteroatoms. The van der Waals surface area contributed by atoms with E-state index in [2.05, 4.69) is 46.4 Å². The third-order valence-corrected chi connectivity index (χ3v) is 3.83. The molecule has 1 aromatic carbocycles. The van der Waals surface area contributed by atoms with Crippen LogP contribution in [-0.4, -0.2) is 12.6 Å². The van der Waals surface area contributed by atoms with Gasteiger partial charge in [0.15, 0.2) is 0 Å². The van der Waals surface area contributed by atoms with Gasteiger partial charge in [0.25, 0.3) is 0 Å². The first-order valence-corrected chi connectivity index (χ1v) is 6.53. The second-order valence-corrected chi connectivity index (χ2v) is 5.30. The molecule has 0 bridgehead atoms. The Balaban J connectivity index is 2.03. The summed E-state index contributed by atoms with van der Waals surface area (Å²) in [5, 5.41) is 3.59. The number of piperidine rings is 1. The number of rotatable bonds is 2. The van der Waals surface area contributed by atoms with Crippen LogP contribution in [0.1, 0.15) is 30.4 Å². The SMILES string of the molecule is Cc1ccc(CC2CCCCN2)c(Br)c1. The number of halogens is 1. The van der Waals surface area contributed by atoms with Gasteiger partial charge in [-0.1, -0.05) is 34.5 Å². The van der Waals surface area contributed by atoms with Gasteiger partial charge in [-0.3, -0.25) is 0 Å². The van der Waals surface area contributed by atoms with Gasteiger partial charge >= 0.3 is 0 Å². The molecule has 1 nitrogen and oxygen atoms in total. The quantitative estimate of drug-likeness (QED) is 0.866. The van der Waals surface area contributed by atoms with Crippen molar-refractivity contribution >= 4 is 15.9 Å². The van der Waals surface area contributed by atoms with Crippen LogP contribution in [0.3, 0.4) is 0 Å². The first-order chi connectivity index (χ1) is 7.25. The highest BCUT2D eigenvalue weighted by Gasteiger charge is 2.14. The van der Waals surface area contributed by atoms with Crippen LogP contribution in [-0.2, 0) is 6.42 Å². The van der Waals surface area contributed by atoms with Crippen molar-refractivity contribution in [3.8, 4) is 0 Å². The fraction of sp³-hybridized carbons (Fsp3) is 0.538. The van der Waals surface area contributed by atoms with E-state index in [-0.39, 0.29) is 0 Å². The Kier molecular flexibility index (Phi) is 3.81. The maximum Gasteiger partial charge on any atom is 0.0210 e. The third-order valence-electron chi connectivity index (χ3n) is 3.09. The lowest BCUT2D eigenvalue weighted by Crippen LogP contribution is -2.35. The monoisotopic (exact) mass is 267 g/mol. The largest absolute Gasteiger partial charge is 0.314 e. The van der Waals surface area contributed by atoms with E-state index < -0.39 is 0 Å². The minimum absolute atomic E-state index is 0.678. The molecule has 15 heavy (non-hydrogen) atoms. The van der Waals surface area contributed by atoms with Crippen LogP contribution in [0.25, 0.3) is 0 Å². The standard InChI is InChI=1S/C13H18BrN/c1-10-5-6-11(13(14)8-10)9-12-4-2-3-7-15-12/h5-6,8,12,15H,2-4,7,9H2,1H3. The van der Waals surface area contributed by atoms with Gasteiger partial charge in [0, 0.05) is 10.5 Å². The average Bonchev–Trinajstić information content (AvgIpc) is 2.24. The van der Waals surface area contributed by atoms with Crippen LogP contribution < -0.4 is 5.32 Å². The summed E-state index contributed by atoms with van der Waals surface area (Å²) in [7, 11) is 0. The first kappa shape index (κ1) is 11.2. The van der Waals surface area contributed by atoms with Gasteiger partial charge in [-0.2, -0.15) is 0 Å². The zero-order chi connectivity index (χ0) is 10.7. The topological polar surface area (TPSA) is 12.0 Å². The summed E-state index contributed by atoms with van der Waals surface area (Å²) in [4.78, 5) is 0. The molecular formula is C13H18BrN. The van der Waals surface area contributed by atoms with E-state index in [1.54, 1.807) is 0 Å². The normalized spacial score (nSPS) is 21.6. The molecule has 1 heterocycles. The summed E-state index contributed by atoms with van der Waals surface area (Å²) in [5.74, 6) is 0. The zero-order valence-electron chi connectivity index (χ0n) is 9.22. The van der Waals surface area contributed by atoms with E-state index in [4.69, 9.17) is 0 Å². The Morgan fingerprint density at radius 3 is 2.93 bits per heavy atom. The molecule has 1 unspecified atom stereocenters. The van der Waals surface area contributed by atoms with Crippen molar-refractivity contribution < 1.29 is 0 Å². The molecule has 0 radical (unpaired) electrons. The molecule has 1 aliphatic rings. The lowest BCUT2D eigenvalue weighted by atomic mass is 9.97. The number of benzene rings is 1. The van der Waals surface area contributed by atoms with E-state index in [9.17, 15) is 0 Å². The lowest BCUT2D eigenvalue weighted by molar-refractivity contribution is 0.399. The Labute approximate surface area is 100 Å².